The van der Waals surface area contributed by atoms with Crippen molar-refractivity contribution in [2.75, 3.05) is 0 Å². The Morgan fingerprint density at radius 2 is 2.05 bits per heavy atom. The lowest BCUT2D eigenvalue weighted by Gasteiger charge is -2.17. The molecule has 0 spiro atoms. The third kappa shape index (κ3) is 4.55. The molecule has 112 valence electrons. The molecule has 1 aromatic heterocycles. The minimum Gasteiger partial charge on any atom is -0.269 e. The monoisotopic (exact) mass is 284 g/mol. The van der Waals surface area contributed by atoms with Crippen molar-refractivity contribution in [3.8, 4) is 0 Å². The summed E-state index contributed by atoms with van der Waals surface area (Å²) in [5.41, 5.74) is 1.91. The van der Waals surface area contributed by atoms with E-state index >= 15 is 0 Å². The van der Waals surface area contributed by atoms with Crippen molar-refractivity contribution in [1.29, 1.82) is 0 Å². The molecule has 1 heterocycles. The molecule has 1 saturated carbocycles. The molecular weight excluding hydrogens is 260 g/mol. The number of carbonyl (C=O) groups is 1. The van der Waals surface area contributed by atoms with Gasteiger partial charge < -0.3 is 0 Å². The maximum Gasteiger partial charge on any atom is 0.256 e. The van der Waals surface area contributed by atoms with Crippen LogP contribution in [0, 0.1) is 6.92 Å². The molecule has 0 amide bonds. The van der Waals surface area contributed by atoms with Gasteiger partial charge in [0, 0.05) is 12.3 Å². The summed E-state index contributed by atoms with van der Waals surface area (Å²) in [6.07, 6.45) is 15.0. The molecule has 2 rings (SSSR count). The molecule has 3 heteroatoms. The van der Waals surface area contributed by atoms with E-state index in [1.807, 2.05) is 44.3 Å². The van der Waals surface area contributed by atoms with Gasteiger partial charge in [-0.3, -0.25) is 14.4 Å². The summed E-state index contributed by atoms with van der Waals surface area (Å²) in [6.45, 7) is 3.96. The van der Waals surface area contributed by atoms with E-state index in [4.69, 9.17) is 4.99 Å². The number of hydrogen-bond acceptors (Lipinski definition) is 2. The molecule has 0 aromatic carbocycles. The number of allylic oxidation sites excluding steroid dienone is 4. The molecule has 1 aromatic rings. The van der Waals surface area contributed by atoms with E-state index in [1.54, 1.807) is 16.7 Å². The van der Waals surface area contributed by atoms with E-state index in [1.165, 1.54) is 19.3 Å². The Hall–Kier alpha value is -1.90. The van der Waals surface area contributed by atoms with Crippen LogP contribution in [0.2, 0.25) is 0 Å². The van der Waals surface area contributed by atoms with Gasteiger partial charge in [-0.25, -0.2) is 0 Å². The highest BCUT2D eigenvalue weighted by Crippen LogP contribution is 2.19. The first kappa shape index (κ1) is 15.5. The summed E-state index contributed by atoms with van der Waals surface area (Å²) in [4.78, 5) is 17.1. The summed E-state index contributed by atoms with van der Waals surface area (Å²) >= 11 is 0. The molecule has 0 unspecified atom stereocenters. The molecule has 1 fully saturated rings. The summed E-state index contributed by atoms with van der Waals surface area (Å²) in [5.74, 6) is -0.0531. The lowest BCUT2D eigenvalue weighted by Crippen LogP contribution is -2.28. The van der Waals surface area contributed by atoms with Crippen molar-refractivity contribution in [3.63, 3.8) is 0 Å². The number of hydrogen-bond donors (Lipinski definition) is 0. The second kappa shape index (κ2) is 7.77. The van der Waals surface area contributed by atoms with Crippen molar-refractivity contribution >= 4 is 5.91 Å². The second-order valence-corrected chi connectivity index (χ2v) is 5.58. The summed E-state index contributed by atoms with van der Waals surface area (Å²) in [6, 6.07) is 4.30. The molecule has 1 aliphatic rings. The van der Waals surface area contributed by atoms with Crippen LogP contribution in [-0.2, 0) is 0 Å². The Labute approximate surface area is 126 Å². The van der Waals surface area contributed by atoms with Crippen LogP contribution < -0.4 is 5.49 Å². The van der Waals surface area contributed by atoms with E-state index in [2.05, 4.69) is 0 Å². The Morgan fingerprint density at radius 3 is 2.76 bits per heavy atom. The van der Waals surface area contributed by atoms with Gasteiger partial charge in [0.05, 0.1) is 6.04 Å². The van der Waals surface area contributed by atoms with Gasteiger partial charge in [0.1, 0.15) is 5.49 Å². The first-order valence-corrected chi connectivity index (χ1v) is 7.77. The molecule has 0 N–H and O–H groups in total. The predicted molar refractivity (Wildman–Crippen MR) is 86.2 cm³/mol. The standard InChI is InChI=1S/C18H24N2O/c1-3-4-6-11-18(21)20-13-12-15(2)14-17(20)19-16-9-7-5-8-10-16/h3-4,6,11-14,16H,5,7-10H2,1-2H3/b4-3+,11-6+,19-17?. The molecule has 0 radical (unpaired) electrons. The van der Waals surface area contributed by atoms with Crippen LogP contribution in [-0.4, -0.2) is 16.5 Å². The normalized spacial score (nSPS) is 17.9. The first-order chi connectivity index (χ1) is 10.2. The quantitative estimate of drug-likeness (QED) is 0.614. The van der Waals surface area contributed by atoms with Crippen LogP contribution in [0.1, 0.15) is 49.4 Å². The molecule has 0 saturated heterocycles. The van der Waals surface area contributed by atoms with E-state index in [0.29, 0.717) is 6.04 Å². The first-order valence-electron chi connectivity index (χ1n) is 7.77. The number of rotatable bonds is 3. The highest BCUT2D eigenvalue weighted by atomic mass is 16.1. The molecule has 21 heavy (non-hydrogen) atoms. The fourth-order valence-corrected chi connectivity index (χ4v) is 2.60. The van der Waals surface area contributed by atoms with Gasteiger partial charge in [-0.05, 0) is 44.4 Å². The maximum absolute atomic E-state index is 12.3. The van der Waals surface area contributed by atoms with Gasteiger partial charge in [0.2, 0.25) is 0 Å². The largest absolute Gasteiger partial charge is 0.269 e. The van der Waals surface area contributed by atoms with E-state index in [-0.39, 0.29) is 5.91 Å². The average molecular weight is 284 g/mol. The van der Waals surface area contributed by atoms with Gasteiger partial charge in [0.25, 0.3) is 5.91 Å². The topological polar surface area (TPSA) is 34.4 Å². The minimum absolute atomic E-state index is 0.0531. The highest BCUT2D eigenvalue weighted by Gasteiger charge is 2.12. The zero-order chi connectivity index (χ0) is 15.1. The maximum atomic E-state index is 12.3. The van der Waals surface area contributed by atoms with Crippen molar-refractivity contribution in [1.82, 2.24) is 4.57 Å². The van der Waals surface area contributed by atoms with Crippen LogP contribution in [0.15, 0.2) is 47.6 Å². The van der Waals surface area contributed by atoms with Crippen molar-refractivity contribution < 1.29 is 4.79 Å². The van der Waals surface area contributed by atoms with Crippen molar-refractivity contribution in [3.05, 3.63) is 53.7 Å². The van der Waals surface area contributed by atoms with Crippen molar-refractivity contribution in [2.24, 2.45) is 4.99 Å². The average Bonchev–Trinajstić information content (AvgIpc) is 2.48. The number of nitrogens with zero attached hydrogens (tertiary/aromatic N) is 2. The third-order valence-corrected chi connectivity index (χ3v) is 3.76. The lowest BCUT2D eigenvalue weighted by molar-refractivity contribution is 0.0963. The van der Waals surface area contributed by atoms with Gasteiger partial charge in [0.15, 0.2) is 0 Å². The third-order valence-electron chi connectivity index (χ3n) is 3.76. The molecule has 0 atom stereocenters. The Balaban J connectivity index is 2.32. The second-order valence-electron chi connectivity index (χ2n) is 5.58. The summed E-state index contributed by atoms with van der Waals surface area (Å²) < 4.78 is 1.64. The smallest absolute Gasteiger partial charge is 0.256 e. The zero-order valence-electron chi connectivity index (χ0n) is 13.0. The lowest BCUT2D eigenvalue weighted by atomic mass is 9.96. The van der Waals surface area contributed by atoms with Crippen LogP contribution in [0.5, 0.6) is 0 Å². The van der Waals surface area contributed by atoms with Gasteiger partial charge >= 0.3 is 0 Å². The number of pyridine rings is 1. The SMILES string of the molecule is C/C=C/C=C/C(=O)n1ccc(C)cc1=NC1CCCCC1. The van der Waals surface area contributed by atoms with Gasteiger partial charge in [-0.15, -0.1) is 0 Å². The summed E-state index contributed by atoms with van der Waals surface area (Å²) in [5, 5.41) is 0. The van der Waals surface area contributed by atoms with Crippen LogP contribution in [0.4, 0.5) is 0 Å². The number of aromatic nitrogens is 1. The Bertz CT molecular complexity index is 602. The molecular formula is C18H24N2O. The Kier molecular flexibility index (Phi) is 5.73. The zero-order valence-corrected chi connectivity index (χ0v) is 13.0. The van der Waals surface area contributed by atoms with E-state index < -0.39 is 0 Å². The fraction of sp³-hybridized carbons (Fsp3) is 0.444. The van der Waals surface area contributed by atoms with Gasteiger partial charge in [-0.1, -0.05) is 37.5 Å². The number of aryl methyl sites for hydroxylation is 1. The van der Waals surface area contributed by atoms with E-state index in [0.717, 1.165) is 23.9 Å². The highest BCUT2D eigenvalue weighted by molar-refractivity contribution is 5.89. The van der Waals surface area contributed by atoms with Gasteiger partial charge in [-0.2, -0.15) is 0 Å². The molecule has 1 aliphatic carbocycles. The van der Waals surface area contributed by atoms with Crippen LogP contribution in [0.3, 0.4) is 0 Å². The molecule has 3 nitrogen and oxygen atoms in total. The number of carbonyl (C=O) groups excluding carboxylic acids is 1. The predicted octanol–water partition coefficient (Wildman–Crippen LogP) is 3.80. The fourth-order valence-electron chi connectivity index (χ4n) is 2.60. The minimum atomic E-state index is -0.0531. The van der Waals surface area contributed by atoms with E-state index in [9.17, 15) is 4.79 Å². The van der Waals surface area contributed by atoms with Crippen molar-refractivity contribution in [2.45, 2.75) is 52.0 Å². The van der Waals surface area contributed by atoms with Crippen LogP contribution >= 0.6 is 0 Å². The van der Waals surface area contributed by atoms with Crippen LogP contribution in [0.25, 0.3) is 0 Å². The Morgan fingerprint density at radius 1 is 1.29 bits per heavy atom. The molecule has 0 aliphatic heterocycles. The summed E-state index contributed by atoms with van der Waals surface area (Å²) in [7, 11) is 0. The molecule has 0 bridgehead atoms.